The first kappa shape index (κ1) is 19.2. The minimum Gasteiger partial charge on any atom is -0.322 e. The van der Waals surface area contributed by atoms with Crippen LogP contribution < -0.4 is 9.62 Å². The lowest BCUT2D eigenvalue weighted by Gasteiger charge is -2.20. The summed E-state index contributed by atoms with van der Waals surface area (Å²) in [5.74, 6) is -0.306. The second-order valence-corrected chi connectivity index (χ2v) is 7.52. The molecule has 1 amide bonds. The van der Waals surface area contributed by atoms with Gasteiger partial charge in [0.15, 0.2) is 0 Å². The van der Waals surface area contributed by atoms with Gasteiger partial charge in [-0.1, -0.05) is 18.2 Å². The molecule has 0 heterocycles. The lowest BCUT2D eigenvalue weighted by Crippen LogP contribution is -2.29. The number of nitriles is 1. The lowest BCUT2D eigenvalue weighted by molar-refractivity contribution is 0.102. The summed E-state index contributed by atoms with van der Waals surface area (Å²) in [4.78, 5) is 12.3. The van der Waals surface area contributed by atoms with Gasteiger partial charge in [0, 0.05) is 11.3 Å². The lowest BCUT2D eigenvalue weighted by atomic mass is 10.1. The fourth-order valence-corrected chi connectivity index (χ4v) is 3.21. The summed E-state index contributed by atoms with van der Waals surface area (Å²) < 4.78 is 24.9. The summed E-state index contributed by atoms with van der Waals surface area (Å²) >= 11 is 0. The second-order valence-electron chi connectivity index (χ2n) is 5.62. The third-order valence-corrected chi connectivity index (χ3v) is 4.77. The Labute approximate surface area is 153 Å². The maximum absolute atomic E-state index is 12.3. The molecule has 2 rings (SSSR count). The van der Waals surface area contributed by atoms with Gasteiger partial charge >= 0.3 is 0 Å². The van der Waals surface area contributed by atoms with Crippen LogP contribution in [0.4, 0.5) is 11.4 Å². The number of sulfonamides is 1. The van der Waals surface area contributed by atoms with Crippen LogP contribution in [0.15, 0.2) is 61.2 Å². The molecule has 0 spiro atoms. The largest absolute Gasteiger partial charge is 0.322 e. The Bertz CT molecular complexity index is 927. The van der Waals surface area contributed by atoms with E-state index in [2.05, 4.69) is 18.0 Å². The van der Waals surface area contributed by atoms with Gasteiger partial charge in [-0.2, -0.15) is 5.26 Å². The first-order chi connectivity index (χ1) is 12.3. The van der Waals surface area contributed by atoms with Crippen molar-refractivity contribution in [1.29, 1.82) is 5.26 Å². The van der Waals surface area contributed by atoms with Gasteiger partial charge in [0.2, 0.25) is 10.0 Å². The van der Waals surface area contributed by atoms with Crippen molar-refractivity contribution in [2.24, 2.45) is 0 Å². The minimum atomic E-state index is -3.43. The van der Waals surface area contributed by atoms with Gasteiger partial charge in [-0.15, -0.1) is 6.58 Å². The molecule has 0 aliphatic carbocycles. The minimum absolute atomic E-state index is 0.152. The van der Waals surface area contributed by atoms with Crippen molar-refractivity contribution < 1.29 is 13.2 Å². The number of hydrogen-bond acceptors (Lipinski definition) is 4. The highest BCUT2D eigenvalue weighted by atomic mass is 32.2. The third-order valence-electron chi connectivity index (χ3n) is 3.61. The molecule has 0 saturated heterocycles. The van der Waals surface area contributed by atoms with Crippen LogP contribution in [0.3, 0.4) is 0 Å². The van der Waals surface area contributed by atoms with E-state index in [1.165, 1.54) is 10.4 Å². The van der Waals surface area contributed by atoms with Crippen LogP contribution in [0.1, 0.15) is 15.9 Å². The molecule has 7 heteroatoms. The van der Waals surface area contributed by atoms with Crippen molar-refractivity contribution in [2.75, 3.05) is 22.4 Å². The summed E-state index contributed by atoms with van der Waals surface area (Å²) in [6.07, 6.45) is 2.93. The molecule has 1 N–H and O–H groups in total. The van der Waals surface area contributed by atoms with E-state index in [9.17, 15) is 13.2 Å². The Balaban J connectivity index is 2.13. The summed E-state index contributed by atoms with van der Waals surface area (Å²) in [7, 11) is -3.43. The van der Waals surface area contributed by atoms with Gasteiger partial charge < -0.3 is 5.32 Å². The summed E-state index contributed by atoms with van der Waals surface area (Å²) in [6, 6.07) is 15.4. The van der Waals surface area contributed by atoms with Gasteiger partial charge in [-0.3, -0.25) is 9.10 Å². The van der Waals surface area contributed by atoms with E-state index in [0.717, 1.165) is 11.8 Å². The Morgan fingerprint density at radius 1 is 1.19 bits per heavy atom. The molecule has 2 aromatic carbocycles. The average molecular weight is 369 g/mol. The third kappa shape index (κ3) is 4.94. The van der Waals surface area contributed by atoms with Crippen LogP contribution in [0, 0.1) is 11.3 Å². The van der Waals surface area contributed by atoms with Gasteiger partial charge in [-0.25, -0.2) is 8.42 Å². The molecular weight excluding hydrogens is 350 g/mol. The molecule has 0 fully saturated rings. The number of rotatable bonds is 7. The van der Waals surface area contributed by atoms with Crippen molar-refractivity contribution in [1.82, 2.24) is 0 Å². The number of carbonyl (C=O) groups excluding carboxylic acids is 1. The molecule has 0 aromatic heterocycles. The van der Waals surface area contributed by atoms with Crippen LogP contribution >= 0.6 is 0 Å². The summed E-state index contributed by atoms with van der Waals surface area (Å²) in [6.45, 7) is 3.71. The zero-order valence-corrected chi connectivity index (χ0v) is 15.2. The molecule has 0 atom stereocenters. The monoisotopic (exact) mass is 369 g/mol. The number of hydrogen-bond donors (Lipinski definition) is 1. The zero-order valence-electron chi connectivity index (χ0n) is 14.3. The van der Waals surface area contributed by atoms with Gasteiger partial charge in [0.1, 0.15) is 0 Å². The van der Waals surface area contributed by atoms with E-state index >= 15 is 0 Å². The van der Waals surface area contributed by atoms with Crippen molar-refractivity contribution in [3.05, 3.63) is 72.3 Å². The molecule has 0 unspecified atom stereocenters. The molecule has 2 aromatic rings. The van der Waals surface area contributed by atoms with E-state index in [4.69, 9.17) is 5.26 Å². The molecule has 134 valence electrons. The molecule has 0 saturated carbocycles. The van der Waals surface area contributed by atoms with Crippen LogP contribution in [0.25, 0.3) is 0 Å². The molecule has 6 nitrogen and oxygen atoms in total. The number of anilines is 2. The van der Waals surface area contributed by atoms with E-state index in [-0.39, 0.29) is 12.5 Å². The quantitative estimate of drug-likeness (QED) is 0.760. The molecular formula is C19H19N3O3S. The molecule has 26 heavy (non-hydrogen) atoms. The predicted octanol–water partition coefficient (Wildman–Crippen LogP) is 2.96. The highest BCUT2D eigenvalue weighted by Crippen LogP contribution is 2.19. The van der Waals surface area contributed by atoms with Crippen LogP contribution in [0.5, 0.6) is 0 Å². The van der Waals surface area contributed by atoms with Crippen LogP contribution in [0.2, 0.25) is 0 Å². The Morgan fingerprint density at radius 3 is 2.31 bits per heavy atom. The molecule has 0 bridgehead atoms. The van der Waals surface area contributed by atoms with E-state index in [1.807, 2.05) is 0 Å². The second kappa shape index (κ2) is 8.32. The SMILES string of the molecule is C=CCN(c1ccc(C(=O)Nc2ccc(CC#N)cc2)cc1)S(C)(=O)=O. The highest BCUT2D eigenvalue weighted by Gasteiger charge is 2.16. The van der Waals surface area contributed by atoms with Crippen LogP contribution in [-0.2, 0) is 16.4 Å². The Morgan fingerprint density at radius 2 is 1.81 bits per heavy atom. The fourth-order valence-electron chi connectivity index (χ4n) is 2.33. The number of amides is 1. The summed E-state index contributed by atoms with van der Waals surface area (Å²) in [5, 5.41) is 11.4. The topological polar surface area (TPSA) is 90.3 Å². The standard InChI is InChI=1S/C19H19N3O3S/c1-3-14-22(26(2,24)25)18-10-6-16(7-11-18)19(23)21-17-8-4-15(5-9-17)12-13-20/h3-11H,1,12,14H2,2H3,(H,21,23). The van der Waals surface area contributed by atoms with E-state index < -0.39 is 10.0 Å². The first-order valence-electron chi connectivity index (χ1n) is 7.81. The first-order valence-corrected chi connectivity index (χ1v) is 9.66. The number of nitrogens with one attached hydrogen (secondary N) is 1. The molecule has 0 aliphatic heterocycles. The van der Waals surface area contributed by atoms with Gasteiger partial charge in [0.05, 0.1) is 31.0 Å². The number of nitrogens with zero attached hydrogens (tertiary/aromatic N) is 2. The van der Waals surface area contributed by atoms with Crippen molar-refractivity contribution in [3.63, 3.8) is 0 Å². The normalized spacial score (nSPS) is 10.6. The van der Waals surface area contributed by atoms with E-state index in [0.29, 0.717) is 23.4 Å². The maximum Gasteiger partial charge on any atom is 0.255 e. The molecule has 0 radical (unpaired) electrons. The fraction of sp³-hybridized carbons (Fsp3) is 0.158. The van der Waals surface area contributed by atoms with Crippen LogP contribution in [-0.4, -0.2) is 27.1 Å². The zero-order chi connectivity index (χ0) is 19.2. The average Bonchev–Trinajstić information content (AvgIpc) is 2.61. The highest BCUT2D eigenvalue weighted by molar-refractivity contribution is 7.92. The molecule has 0 aliphatic rings. The Kier molecular flexibility index (Phi) is 6.15. The predicted molar refractivity (Wildman–Crippen MR) is 103 cm³/mol. The van der Waals surface area contributed by atoms with Crippen molar-refractivity contribution >= 4 is 27.3 Å². The smallest absolute Gasteiger partial charge is 0.255 e. The number of carbonyl (C=O) groups is 1. The van der Waals surface area contributed by atoms with Crippen molar-refractivity contribution in [3.8, 4) is 6.07 Å². The van der Waals surface area contributed by atoms with Gasteiger partial charge in [-0.05, 0) is 42.0 Å². The maximum atomic E-state index is 12.3. The Hall–Kier alpha value is -3.11. The summed E-state index contributed by atoms with van der Waals surface area (Å²) in [5.41, 5.74) is 2.36. The van der Waals surface area contributed by atoms with E-state index in [1.54, 1.807) is 48.5 Å². The van der Waals surface area contributed by atoms with Crippen molar-refractivity contribution in [2.45, 2.75) is 6.42 Å². The van der Waals surface area contributed by atoms with Gasteiger partial charge in [0.25, 0.3) is 5.91 Å². The number of benzene rings is 2.